The largest absolute Gasteiger partial charge is 0.497 e. The van der Waals surface area contributed by atoms with Crippen LogP contribution < -0.4 is 10.2 Å². The smallest absolute Gasteiger partial charge is 0.271 e. The summed E-state index contributed by atoms with van der Waals surface area (Å²) in [5.74, 6) is 0.566. The van der Waals surface area contributed by atoms with Crippen molar-refractivity contribution in [3.8, 4) is 5.75 Å². The summed E-state index contributed by atoms with van der Waals surface area (Å²) in [7, 11) is 1.62. The summed E-state index contributed by atoms with van der Waals surface area (Å²) in [4.78, 5) is 12.0. The van der Waals surface area contributed by atoms with Crippen molar-refractivity contribution < 1.29 is 9.53 Å². The van der Waals surface area contributed by atoms with Gasteiger partial charge in [0.2, 0.25) is 0 Å². The zero-order valence-corrected chi connectivity index (χ0v) is 13.9. The van der Waals surface area contributed by atoms with E-state index in [0.717, 1.165) is 20.6 Å². The third kappa shape index (κ3) is 4.29. The second-order valence-corrected chi connectivity index (χ2v) is 5.62. The van der Waals surface area contributed by atoms with Crippen LogP contribution in [0.25, 0.3) is 0 Å². The van der Waals surface area contributed by atoms with Crippen molar-refractivity contribution in [3.63, 3.8) is 0 Å². The molecule has 0 aliphatic heterocycles. The van der Waals surface area contributed by atoms with Crippen molar-refractivity contribution in [2.75, 3.05) is 7.11 Å². The molecule has 0 radical (unpaired) electrons. The first-order valence-corrected chi connectivity index (χ1v) is 7.42. The molecule has 0 atom stereocenters. The standard InChI is InChI=1S/C16H15IN2O2/c1-11(12-6-8-15(21-2)9-7-12)18-19-16(20)13-4-3-5-14(17)10-13/h3-10H,1-2H3,(H,19,20). The van der Waals surface area contributed by atoms with E-state index in [1.807, 2.05) is 49.4 Å². The molecule has 2 rings (SSSR count). The minimum absolute atomic E-state index is 0.221. The number of benzene rings is 2. The molecule has 0 spiro atoms. The van der Waals surface area contributed by atoms with Gasteiger partial charge in [0.15, 0.2) is 0 Å². The average Bonchev–Trinajstić information content (AvgIpc) is 2.52. The summed E-state index contributed by atoms with van der Waals surface area (Å²) in [6, 6.07) is 14.9. The van der Waals surface area contributed by atoms with E-state index in [0.29, 0.717) is 5.56 Å². The molecule has 0 fully saturated rings. The summed E-state index contributed by atoms with van der Waals surface area (Å²) in [6.07, 6.45) is 0. The average molecular weight is 394 g/mol. The normalized spacial score (nSPS) is 11.1. The van der Waals surface area contributed by atoms with Crippen molar-refractivity contribution in [2.24, 2.45) is 5.10 Å². The Hall–Kier alpha value is -1.89. The Morgan fingerprint density at radius 2 is 1.86 bits per heavy atom. The minimum Gasteiger partial charge on any atom is -0.497 e. The highest BCUT2D eigenvalue weighted by Gasteiger charge is 2.05. The molecule has 0 aromatic heterocycles. The number of methoxy groups -OCH3 is 1. The molecule has 21 heavy (non-hydrogen) atoms. The number of halogens is 1. The quantitative estimate of drug-likeness (QED) is 0.491. The van der Waals surface area contributed by atoms with Gasteiger partial charge in [-0.15, -0.1) is 0 Å². The molecule has 1 N–H and O–H groups in total. The highest BCUT2D eigenvalue weighted by molar-refractivity contribution is 14.1. The van der Waals surface area contributed by atoms with Gasteiger partial charge in [0, 0.05) is 9.13 Å². The Morgan fingerprint density at radius 1 is 1.14 bits per heavy atom. The second kappa shape index (κ2) is 7.21. The van der Waals surface area contributed by atoms with Gasteiger partial charge in [0.25, 0.3) is 5.91 Å². The summed E-state index contributed by atoms with van der Waals surface area (Å²) < 4.78 is 6.12. The Morgan fingerprint density at radius 3 is 2.48 bits per heavy atom. The Labute approximate surface area is 137 Å². The van der Waals surface area contributed by atoms with Crippen molar-refractivity contribution in [2.45, 2.75) is 6.92 Å². The molecule has 2 aromatic rings. The molecular formula is C16H15IN2O2. The maximum atomic E-state index is 12.0. The predicted molar refractivity (Wildman–Crippen MR) is 91.8 cm³/mol. The molecule has 0 unspecified atom stereocenters. The maximum Gasteiger partial charge on any atom is 0.271 e. The minimum atomic E-state index is -0.221. The first-order chi connectivity index (χ1) is 10.1. The van der Waals surface area contributed by atoms with Gasteiger partial charge >= 0.3 is 0 Å². The summed E-state index contributed by atoms with van der Waals surface area (Å²) in [6.45, 7) is 1.84. The molecule has 1 amide bonds. The molecule has 0 saturated heterocycles. The van der Waals surface area contributed by atoms with Crippen molar-refractivity contribution in [1.82, 2.24) is 5.43 Å². The lowest BCUT2D eigenvalue weighted by atomic mass is 10.1. The molecule has 0 aliphatic carbocycles. The summed E-state index contributed by atoms with van der Waals surface area (Å²) >= 11 is 2.17. The topological polar surface area (TPSA) is 50.7 Å². The van der Waals surface area contributed by atoms with Crippen LogP contribution in [0.5, 0.6) is 5.75 Å². The van der Waals surface area contributed by atoms with Crippen LogP contribution in [-0.4, -0.2) is 18.7 Å². The summed E-state index contributed by atoms with van der Waals surface area (Å²) in [5, 5.41) is 4.13. The molecular weight excluding hydrogens is 379 g/mol. The third-order valence-electron chi connectivity index (χ3n) is 2.92. The molecule has 108 valence electrons. The van der Waals surface area contributed by atoms with Gasteiger partial charge in [0.05, 0.1) is 12.8 Å². The second-order valence-electron chi connectivity index (χ2n) is 4.38. The van der Waals surface area contributed by atoms with E-state index in [1.54, 1.807) is 13.2 Å². The van der Waals surface area contributed by atoms with Crippen molar-refractivity contribution in [3.05, 3.63) is 63.2 Å². The number of rotatable bonds is 4. The van der Waals surface area contributed by atoms with Crippen LogP contribution in [0.1, 0.15) is 22.8 Å². The van der Waals surface area contributed by atoms with Gasteiger partial charge in [-0.25, -0.2) is 5.43 Å². The lowest BCUT2D eigenvalue weighted by Crippen LogP contribution is -2.19. The van der Waals surface area contributed by atoms with Gasteiger partial charge in [-0.05, 0) is 77.5 Å². The SMILES string of the molecule is COc1ccc(C(C)=NNC(=O)c2cccc(I)c2)cc1. The number of hydrogen-bond acceptors (Lipinski definition) is 3. The fraction of sp³-hybridized carbons (Fsp3) is 0.125. The predicted octanol–water partition coefficient (Wildman–Crippen LogP) is 3.45. The van der Waals surface area contributed by atoms with E-state index >= 15 is 0 Å². The van der Waals surface area contributed by atoms with Crippen LogP contribution in [0, 0.1) is 3.57 Å². The fourth-order valence-corrected chi connectivity index (χ4v) is 2.27. The van der Waals surface area contributed by atoms with E-state index < -0.39 is 0 Å². The molecule has 0 heterocycles. The maximum absolute atomic E-state index is 12.0. The number of nitrogens with zero attached hydrogens (tertiary/aromatic N) is 1. The number of carbonyl (C=O) groups excluding carboxylic acids is 1. The Bertz CT molecular complexity index is 666. The monoisotopic (exact) mass is 394 g/mol. The Balaban J connectivity index is 2.07. The highest BCUT2D eigenvalue weighted by Crippen LogP contribution is 2.12. The number of hydrazone groups is 1. The van der Waals surface area contributed by atoms with E-state index in [1.165, 1.54) is 0 Å². The van der Waals surface area contributed by atoms with Crippen LogP contribution in [0.2, 0.25) is 0 Å². The van der Waals surface area contributed by atoms with Crippen LogP contribution >= 0.6 is 22.6 Å². The molecule has 4 nitrogen and oxygen atoms in total. The van der Waals surface area contributed by atoms with Crippen LogP contribution in [0.3, 0.4) is 0 Å². The molecule has 2 aromatic carbocycles. The number of ether oxygens (including phenoxy) is 1. The number of nitrogens with one attached hydrogen (secondary N) is 1. The third-order valence-corrected chi connectivity index (χ3v) is 3.59. The van der Waals surface area contributed by atoms with Crippen LogP contribution in [0.4, 0.5) is 0 Å². The van der Waals surface area contributed by atoms with E-state index in [9.17, 15) is 4.79 Å². The molecule has 0 saturated carbocycles. The van der Waals surface area contributed by atoms with Gasteiger partial charge in [-0.3, -0.25) is 4.79 Å². The lowest BCUT2D eigenvalue weighted by molar-refractivity contribution is 0.0955. The Kier molecular flexibility index (Phi) is 5.32. The number of hydrogen-bond donors (Lipinski definition) is 1. The first-order valence-electron chi connectivity index (χ1n) is 6.35. The highest BCUT2D eigenvalue weighted by atomic mass is 127. The van der Waals surface area contributed by atoms with Gasteiger partial charge in [-0.1, -0.05) is 6.07 Å². The number of amides is 1. The van der Waals surface area contributed by atoms with Crippen LogP contribution in [0.15, 0.2) is 53.6 Å². The molecule has 0 bridgehead atoms. The van der Waals surface area contributed by atoms with Gasteiger partial charge in [-0.2, -0.15) is 5.10 Å². The molecule has 0 aliphatic rings. The van der Waals surface area contributed by atoms with Crippen LogP contribution in [-0.2, 0) is 0 Å². The number of carbonyl (C=O) groups is 1. The van der Waals surface area contributed by atoms with Gasteiger partial charge in [0.1, 0.15) is 5.75 Å². The van der Waals surface area contributed by atoms with E-state index in [4.69, 9.17) is 4.74 Å². The first kappa shape index (κ1) is 15.5. The molecule has 5 heteroatoms. The van der Waals surface area contributed by atoms with E-state index in [2.05, 4.69) is 33.1 Å². The zero-order chi connectivity index (χ0) is 15.2. The fourth-order valence-electron chi connectivity index (χ4n) is 1.73. The lowest BCUT2D eigenvalue weighted by Gasteiger charge is -2.04. The van der Waals surface area contributed by atoms with E-state index in [-0.39, 0.29) is 5.91 Å². The van der Waals surface area contributed by atoms with Crippen molar-refractivity contribution >= 4 is 34.2 Å². The summed E-state index contributed by atoms with van der Waals surface area (Å²) in [5.41, 5.74) is 4.82. The van der Waals surface area contributed by atoms with Crippen molar-refractivity contribution in [1.29, 1.82) is 0 Å². The van der Waals surface area contributed by atoms with Gasteiger partial charge < -0.3 is 4.74 Å². The zero-order valence-electron chi connectivity index (χ0n) is 11.8.